The molecule has 1 aromatic carbocycles. The van der Waals surface area contributed by atoms with E-state index in [1.54, 1.807) is 6.33 Å². The second kappa shape index (κ2) is 5.66. The number of imidazole rings is 1. The molecule has 2 heterocycles. The summed E-state index contributed by atoms with van der Waals surface area (Å²) in [6.45, 7) is 4.57. The lowest BCUT2D eigenvalue weighted by Crippen LogP contribution is -2.21. The number of rotatable bonds is 0. The Morgan fingerprint density at radius 1 is 1.12 bits per heavy atom. The Balaban J connectivity index is 0.000000138. The summed E-state index contributed by atoms with van der Waals surface area (Å²) >= 11 is 0. The number of aromatic amines is 1. The number of hydrogen-bond acceptors (Lipinski definition) is 2. The molecule has 3 heteroatoms. The summed E-state index contributed by atoms with van der Waals surface area (Å²) < 4.78 is 0. The number of H-pyrrole nitrogens is 1. The van der Waals surface area contributed by atoms with Crippen LogP contribution in [0.5, 0.6) is 0 Å². The van der Waals surface area contributed by atoms with Crippen molar-refractivity contribution in [3.8, 4) is 0 Å². The Hall–Kier alpha value is -1.35. The highest BCUT2D eigenvalue weighted by atomic mass is 14.9. The maximum atomic E-state index is 4.10. The molecular weight excluding hydrogens is 198 g/mol. The first kappa shape index (κ1) is 11.1. The van der Waals surface area contributed by atoms with Crippen LogP contribution in [0, 0.1) is 6.92 Å². The molecule has 0 amide bonds. The zero-order valence-electron chi connectivity index (χ0n) is 9.79. The number of nitrogens with zero attached hydrogens (tertiary/aromatic N) is 1. The lowest BCUT2D eigenvalue weighted by Gasteiger charge is -2.08. The van der Waals surface area contributed by atoms with Gasteiger partial charge in [-0.1, -0.05) is 12.5 Å². The molecule has 86 valence electrons. The van der Waals surface area contributed by atoms with Gasteiger partial charge < -0.3 is 10.3 Å². The largest absolute Gasteiger partial charge is 0.345 e. The van der Waals surface area contributed by atoms with Crippen molar-refractivity contribution in [2.45, 2.75) is 26.2 Å². The van der Waals surface area contributed by atoms with Crippen molar-refractivity contribution in [1.82, 2.24) is 15.3 Å². The minimum absolute atomic E-state index is 1.03. The van der Waals surface area contributed by atoms with Crippen LogP contribution in [0.15, 0.2) is 24.5 Å². The van der Waals surface area contributed by atoms with E-state index in [9.17, 15) is 0 Å². The average molecular weight is 217 g/mol. The predicted molar refractivity (Wildman–Crippen MR) is 67.6 cm³/mol. The second-order valence-electron chi connectivity index (χ2n) is 4.23. The van der Waals surface area contributed by atoms with Crippen LogP contribution in [-0.2, 0) is 0 Å². The molecular formula is C13H19N3. The van der Waals surface area contributed by atoms with E-state index in [4.69, 9.17) is 0 Å². The molecule has 0 spiro atoms. The normalized spacial score (nSPS) is 15.6. The molecule has 0 aliphatic carbocycles. The van der Waals surface area contributed by atoms with Gasteiger partial charge in [0.15, 0.2) is 0 Å². The van der Waals surface area contributed by atoms with Gasteiger partial charge in [0.05, 0.1) is 17.4 Å². The fourth-order valence-electron chi connectivity index (χ4n) is 1.85. The highest BCUT2D eigenvalue weighted by molar-refractivity contribution is 5.74. The van der Waals surface area contributed by atoms with E-state index in [1.807, 2.05) is 6.07 Å². The zero-order chi connectivity index (χ0) is 11.2. The van der Waals surface area contributed by atoms with Gasteiger partial charge in [-0.3, -0.25) is 0 Å². The Bertz CT molecular complexity index is 418. The third kappa shape index (κ3) is 3.07. The molecule has 0 bridgehead atoms. The van der Waals surface area contributed by atoms with E-state index in [0.717, 1.165) is 11.0 Å². The molecule has 2 aromatic rings. The lowest BCUT2D eigenvalue weighted by atomic mass is 10.2. The van der Waals surface area contributed by atoms with E-state index >= 15 is 0 Å². The highest BCUT2D eigenvalue weighted by Gasteiger charge is 1.94. The van der Waals surface area contributed by atoms with Crippen molar-refractivity contribution in [1.29, 1.82) is 0 Å². The topological polar surface area (TPSA) is 40.7 Å². The van der Waals surface area contributed by atoms with Crippen LogP contribution >= 0.6 is 0 Å². The first-order valence-electron chi connectivity index (χ1n) is 5.97. The molecule has 1 fully saturated rings. The fraction of sp³-hybridized carbons (Fsp3) is 0.462. The molecule has 1 aliphatic heterocycles. The van der Waals surface area contributed by atoms with E-state index < -0.39 is 0 Å². The fourth-order valence-corrected chi connectivity index (χ4v) is 1.85. The van der Waals surface area contributed by atoms with Crippen molar-refractivity contribution in [2.75, 3.05) is 13.1 Å². The summed E-state index contributed by atoms with van der Waals surface area (Å²) in [4.78, 5) is 7.15. The maximum Gasteiger partial charge on any atom is 0.0931 e. The number of aromatic nitrogens is 2. The standard InChI is InChI=1S/C8H8N2.C5H11N/c1-6-2-3-7-8(4-6)10-5-9-7;1-2-4-6-5-3-1/h2-5H,1H3,(H,9,10);6H,1-5H2. The molecule has 3 rings (SSSR count). The van der Waals surface area contributed by atoms with Gasteiger partial charge in [-0.2, -0.15) is 0 Å². The van der Waals surface area contributed by atoms with Gasteiger partial charge in [0.25, 0.3) is 0 Å². The number of hydrogen-bond donors (Lipinski definition) is 2. The number of benzene rings is 1. The predicted octanol–water partition coefficient (Wildman–Crippen LogP) is 2.63. The van der Waals surface area contributed by atoms with Crippen molar-refractivity contribution in [3.63, 3.8) is 0 Å². The van der Waals surface area contributed by atoms with Gasteiger partial charge in [-0.25, -0.2) is 4.98 Å². The Morgan fingerprint density at radius 2 is 1.94 bits per heavy atom. The lowest BCUT2D eigenvalue weighted by molar-refractivity contribution is 0.520. The van der Waals surface area contributed by atoms with Crippen LogP contribution in [0.25, 0.3) is 11.0 Å². The maximum absolute atomic E-state index is 4.10. The van der Waals surface area contributed by atoms with Gasteiger partial charge in [0, 0.05) is 0 Å². The molecule has 0 radical (unpaired) electrons. The third-order valence-corrected chi connectivity index (χ3v) is 2.78. The number of nitrogens with one attached hydrogen (secondary N) is 2. The summed E-state index contributed by atoms with van der Waals surface area (Å²) in [5.41, 5.74) is 3.40. The highest BCUT2D eigenvalue weighted by Crippen LogP contribution is 2.09. The third-order valence-electron chi connectivity index (χ3n) is 2.78. The van der Waals surface area contributed by atoms with Crippen LogP contribution < -0.4 is 5.32 Å². The molecule has 1 saturated heterocycles. The molecule has 3 nitrogen and oxygen atoms in total. The zero-order valence-corrected chi connectivity index (χ0v) is 9.79. The summed E-state index contributed by atoms with van der Waals surface area (Å²) in [6.07, 6.45) is 5.93. The van der Waals surface area contributed by atoms with Gasteiger partial charge >= 0.3 is 0 Å². The van der Waals surface area contributed by atoms with Crippen molar-refractivity contribution >= 4 is 11.0 Å². The molecule has 1 aromatic heterocycles. The number of fused-ring (bicyclic) bond motifs is 1. The number of piperidine rings is 1. The van der Waals surface area contributed by atoms with Crippen LogP contribution in [-0.4, -0.2) is 23.1 Å². The molecule has 2 N–H and O–H groups in total. The minimum atomic E-state index is 1.03. The van der Waals surface area contributed by atoms with E-state index in [2.05, 4.69) is 34.3 Å². The summed E-state index contributed by atoms with van der Waals surface area (Å²) in [7, 11) is 0. The van der Waals surface area contributed by atoms with Crippen LogP contribution in [0.3, 0.4) is 0 Å². The van der Waals surface area contributed by atoms with Gasteiger partial charge in [-0.05, 0) is 50.6 Å². The van der Waals surface area contributed by atoms with Gasteiger partial charge in [-0.15, -0.1) is 0 Å². The Kier molecular flexibility index (Phi) is 3.94. The van der Waals surface area contributed by atoms with E-state index in [1.165, 1.54) is 37.9 Å². The Labute approximate surface area is 96.3 Å². The van der Waals surface area contributed by atoms with E-state index in [-0.39, 0.29) is 0 Å². The minimum Gasteiger partial charge on any atom is -0.345 e. The van der Waals surface area contributed by atoms with Crippen LogP contribution in [0.2, 0.25) is 0 Å². The first-order chi connectivity index (χ1) is 7.86. The smallest absolute Gasteiger partial charge is 0.0931 e. The SMILES string of the molecule is C1CCNCC1.Cc1ccc2nc[nH]c2c1. The summed E-state index contributed by atoms with van der Waals surface area (Å²) in [5.74, 6) is 0. The molecule has 1 aliphatic rings. The van der Waals surface area contributed by atoms with Crippen LogP contribution in [0.4, 0.5) is 0 Å². The summed E-state index contributed by atoms with van der Waals surface area (Å²) in [5, 5.41) is 3.28. The average Bonchev–Trinajstić information content (AvgIpc) is 2.79. The molecule has 0 unspecified atom stereocenters. The first-order valence-corrected chi connectivity index (χ1v) is 5.97. The number of aryl methyl sites for hydroxylation is 1. The Morgan fingerprint density at radius 3 is 2.56 bits per heavy atom. The molecule has 16 heavy (non-hydrogen) atoms. The van der Waals surface area contributed by atoms with Crippen LogP contribution in [0.1, 0.15) is 24.8 Å². The van der Waals surface area contributed by atoms with Gasteiger partial charge in [0.1, 0.15) is 0 Å². The quantitative estimate of drug-likeness (QED) is 0.712. The molecule has 0 atom stereocenters. The van der Waals surface area contributed by atoms with Crippen molar-refractivity contribution < 1.29 is 0 Å². The van der Waals surface area contributed by atoms with Gasteiger partial charge in [0.2, 0.25) is 0 Å². The van der Waals surface area contributed by atoms with E-state index in [0.29, 0.717) is 0 Å². The second-order valence-corrected chi connectivity index (χ2v) is 4.23. The monoisotopic (exact) mass is 217 g/mol. The van der Waals surface area contributed by atoms with Crippen molar-refractivity contribution in [2.24, 2.45) is 0 Å². The van der Waals surface area contributed by atoms with Crippen molar-refractivity contribution in [3.05, 3.63) is 30.1 Å². The molecule has 0 saturated carbocycles. The summed E-state index contributed by atoms with van der Waals surface area (Å²) in [6, 6.07) is 6.16.